The van der Waals surface area contributed by atoms with Gasteiger partial charge in [-0.15, -0.1) is 0 Å². The van der Waals surface area contributed by atoms with E-state index in [1.54, 1.807) is 20.5 Å². The zero-order valence-electron chi connectivity index (χ0n) is 14.1. The molecule has 2 fully saturated rings. The van der Waals surface area contributed by atoms with Crippen LogP contribution in [-0.2, 0) is 18.9 Å². The van der Waals surface area contributed by atoms with Gasteiger partial charge in [-0.05, 0) is 13.8 Å². The van der Waals surface area contributed by atoms with E-state index < -0.39 is 5.79 Å². The minimum absolute atomic E-state index is 0.201. The lowest BCUT2D eigenvalue weighted by Crippen LogP contribution is -2.32. The van der Waals surface area contributed by atoms with Crippen LogP contribution in [0.1, 0.15) is 20.1 Å². The molecule has 4 atom stereocenters. The lowest BCUT2D eigenvalue weighted by Gasteiger charge is -2.24. The average Bonchev–Trinajstić information content (AvgIpc) is 3.19. The molecule has 2 aliphatic rings. The molecule has 0 spiro atoms. The second-order valence-corrected chi connectivity index (χ2v) is 6.38. The van der Waals surface area contributed by atoms with Crippen LogP contribution >= 0.6 is 0 Å². The van der Waals surface area contributed by atoms with E-state index in [0.29, 0.717) is 23.6 Å². The summed E-state index contributed by atoms with van der Waals surface area (Å²) in [6.45, 7) is 4.24. The predicted molar refractivity (Wildman–Crippen MR) is 84.5 cm³/mol. The lowest BCUT2D eigenvalue weighted by atomic mass is 10.1. The maximum atomic E-state index is 6.16. The molecule has 0 aromatic carbocycles. The number of anilines is 1. The number of methoxy groups -OCH3 is 1. The number of nitrogens with zero attached hydrogens (tertiary/aromatic N) is 4. The molecule has 9 nitrogen and oxygen atoms in total. The average molecular weight is 335 g/mol. The fourth-order valence-corrected chi connectivity index (χ4v) is 3.40. The van der Waals surface area contributed by atoms with E-state index in [2.05, 4.69) is 20.3 Å². The van der Waals surface area contributed by atoms with E-state index in [1.807, 2.05) is 18.4 Å². The quantitative estimate of drug-likeness (QED) is 0.882. The molecule has 2 aromatic heterocycles. The van der Waals surface area contributed by atoms with Gasteiger partial charge in [0.25, 0.3) is 0 Å². The van der Waals surface area contributed by atoms with Gasteiger partial charge in [-0.3, -0.25) is 4.57 Å². The van der Waals surface area contributed by atoms with Crippen LogP contribution < -0.4 is 5.32 Å². The van der Waals surface area contributed by atoms with Crippen molar-refractivity contribution < 1.29 is 18.9 Å². The Labute approximate surface area is 139 Å². The van der Waals surface area contributed by atoms with E-state index in [-0.39, 0.29) is 24.5 Å². The standard InChI is InChI=1S/C15H21N5O4/c1-15(2)23-10-8(5-21-4)22-14(11(10)24-15)20-7-19-9-12(16-3)17-6-18-13(9)20/h6-8,10-11,14H,5H2,1-4H3,(H,16,17,18). The molecule has 9 heteroatoms. The maximum Gasteiger partial charge on any atom is 0.167 e. The summed E-state index contributed by atoms with van der Waals surface area (Å²) in [5.41, 5.74) is 1.37. The first kappa shape index (κ1) is 15.7. The summed E-state index contributed by atoms with van der Waals surface area (Å²) in [6.07, 6.45) is 2.14. The number of ether oxygens (including phenoxy) is 4. The third-order valence-corrected chi connectivity index (χ3v) is 4.33. The van der Waals surface area contributed by atoms with Gasteiger partial charge in [0.05, 0.1) is 12.9 Å². The SMILES string of the molecule is CNc1ncnc2c1ncn2C1OC(COC)C2OC(C)(C)OC21. The zero-order valence-corrected chi connectivity index (χ0v) is 14.1. The van der Waals surface area contributed by atoms with Crippen LogP contribution in [-0.4, -0.2) is 64.4 Å². The summed E-state index contributed by atoms with van der Waals surface area (Å²) >= 11 is 0. The summed E-state index contributed by atoms with van der Waals surface area (Å²) in [4.78, 5) is 13.0. The minimum atomic E-state index is -0.662. The normalized spacial score (nSPS) is 31.5. The largest absolute Gasteiger partial charge is 0.382 e. The van der Waals surface area contributed by atoms with Gasteiger partial charge in [-0.25, -0.2) is 15.0 Å². The third-order valence-electron chi connectivity index (χ3n) is 4.33. The molecule has 4 unspecified atom stereocenters. The van der Waals surface area contributed by atoms with Crippen LogP contribution in [0.4, 0.5) is 5.82 Å². The summed E-state index contributed by atoms with van der Waals surface area (Å²) < 4.78 is 25.4. The van der Waals surface area contributed by atoms with Crippen LogP contribution in [0.3, 0.4) is 0 Å². The van der Waals surface area contributed by atoms with Crippen LogP contribution in [0.25, 0.3) is 11.2 Å². The lowest BCUT2D eigenvalue weighted by molar-refractivity contribution is -0.200. The number of hydrogen-bond acceptors (Lipinski definition) is 8. The van der Waals surface area contributed by atoms with E-state index in [9.17, 15) is 0 Å². The Morgan fingerprint density at radius 3 is 2.79 bits per heavy atom. The Balaban J connectivity index is 1.73. The molecular formula is C15H21N5O4. The summed E-state index contributed by atoms with van der Waals surface area (Å²) in [6, 6.07) is 0. The fourth-order valence-electron chi connectivity index (χ4n) is 3.40. The highest BCUT2D eigenvalue weighted by Gasteiger charge is 2.56. The van der Waals surface area contributed by atoms with E-state index in [1.165, 1.54) is 6.33 Å². The van der Waals surface area contributed by atoms with Crippen molar-refractivity contribution in [3.63, 3.8) is 0 Å². The Kier molecular flexibility index (Phi) is 3.68. The van der Waals surface area contributed by atoms with E-state index in [0.717, 1.165) is 0 Å². The molecular weight excluding hydrogens is 314 g/mol. The molecule has 0 aliphatic carbocycles. The monoisotopic (exact) mass is 335 g/mol. The molecule has 0 bridgehead atoms. The van der Waals surface area contributed by atoms with Gasteiger partial charge in [-0.1, -0.05) is 0 Å². The number of fused-ring (bicyclic) bond motifs is 2. The molecule has 4 rings (SSSR count). The number of nitrogens with one attached hydrogen (secondary N) is 1. The van der Waals surface area contributed by atoms with Crippen LogP contribution in [0, 0.1) is 0 Å². The fraction of sp³-hybridized carbons (Fsp3) is 0.667. The van der Waals surface area contributed by atoms with E-state index in [4.69, 9.17) is 18.9 Å². The van der Waals surface area contributed by atoms with Gasteiger partial charge >= 0.3 is 0 Å². The zero-order chi connectivity index (χ0) is 16.9. The molecule has 4 heterocycles. The Hall–Kier alpha value is -1.81. The Bertz CT molecular complexity index is 749. The van der Waals surface area contributed by atoms with Crippen molar-refractivity contribution in [1.29, 1.82) is 0 Å². The molecule has 130 valence electrons. The van der Waals surface area contributed by atoms with Gasteiger partial charge < -0.3 is 24.3 Å². The van der Waals surface area contributed by atoms with Crippen molar-refractivity contribution in [3.8, 4) is 0 Å². The second kappa shape index (κ2) is 5.62. The smallest absolute Gasteiger partial charge is 0.167 e. The highest BCUT2D eigenvalue weighted by molar-refractivity contribution is 5.82. The van der Waals surface area contributed by atoms with Crippen molar-refractivity contribution in [3.05, 3.63) is 12.7 Å². The number of rotatable bonds is 4. The molecule has 1 N–H and O–H groups in total. The maximum absolute atomic E-state index is 6.16. The molecule has 2 aromatic rings. The van der Waals surface area contributed by atoms with Crippen molar-refractivity contribution in [2.45, 2.75) is 44.2 Å². The Morgan fingerprint density at radius 2 is 2.04 bits per heavy atom. The number of imidazole rings is 1. The highest BCUT2D eigenvalue weighted by atomic mass is 16.8. The van der Waals surface area contributed by atoms with E-state index >= 15 is 0 Å². The predicted octanol–water partition coefficient (Wildman–Crippen LogP) is 0.932. The van der Waals surface area contributed by atoms with Crippen molar-refractivity contribution >= 4 is 17.0 Å². The first-order valence-corrected chi connectivity index (χ1v) is 7.89. The molecule has 0 radical (unpaired) electrons. The van der Waals surface area contributed by atoms with Gasteiger partial charge in [0, 0.05) is 14.2 Å². The number of aromatic nitrogens is 4. The highest BCUT2D eigenvalue weighted by Crippen LogP contribution is 2.43. The van der Waals surface area contributed by atoms with Crippen molar-refractivity contribution in [2.75, 3.05) is 26.1 Å². The molecule has 0 amide bonds. The molecule has 24 heavy (non-hydrogen) atoms. The second-order valence-electron chi connectivity index (χ2n) is 6.38. The van der Waals surface area contributed by atoms with Crippen LogP contribution in [0.2, 0.25) is 0 Å². The topological polar surface area (TPSA) is 92.6 Å². The summed E-state index contributed by atoms with van der Waals surface area (Å²) in [5, 5.41) is 3.02. The van der Waals surface area contributed by atoms with Crippen molar-refractivity contribution in [2.24, 2.45) is 0 Å². The molecule has 2 aliphatic heterocycles. The number of hydrogen-bond donors (Lipinski definition) is 1. The third kappa shape index (κ3) is 2.35. The van der Waals surface area contributed by atoms with Crippen LogP contribution in [0.15, 0.2) is 12.7 Å². The van der Waals surface area contributed by atoms with Gasteiger partial charge in [0.1, 0.15) is 30.2 Å². The summed E-state index contributed by atoms with van der Waals surface area (Å²) in [5.74, 6) is 0.0101. The van der Waals surface area contributed by atoms with Gasteiger partial charge in [-0.2, -0.15) is 0 Å². The van der Waals surface area contributed by atoms with Gasteiger partial charge in [0.15, 0.2) is 23.5 Å². The van der Waals surface area contributed by atoms with Crippen molar-refractivity contribution in [1.82, 2.24) is 19.5 Å². The van der Waals surface area contributed by atoms with Gasteiger partial charge in [0.2, 0.25) is 0 Å². The Morgan fingerprint density at radius 1 is 1.25 bits per heavy atom. The molecule has 2 saturated heterocycles. The minimum Gasteiger partial charge on any atom is -0.382 e. The summed E-state index contributed by atoms with van der Waals surface area (Å²) in [7, 11) is 3.44. The van der Waals surface area contributed by atoms with Crippen LogP contribution in [0.5, 0.6) is 0 Å². The molecule has 0 saturated carbocycles. The first-order valence-electron chi connectivity index (χ1n) is 7.89. The first-order chi connectivity index (χ1) is 11.5.